The molecular weight excluding hydrogens is 420 g/mol. The summed E-state index contributed by atoms with van der Waals surface area (Å²) in [7, 11) is 0. The second-order valence-electron chi connectivity index (χ2n) is 8.11. The number of benzene rings is 2. The second-order valence-corrected chi connectivity index (χ2v) is 8.11. The molecule has 0 bridgehead atoms. The normalized spacial score (nSPS) is 18.9. The third-order valence-electron chi connectivity index (χ3n) is 5.84. The molecule has 2 unspecified atom stereocenters. The van der Waals surface area contributed by atoms with E-state index in [9.17, 15) is 9.59 Å². The van der Waals surface area contributed by atoms with Crippen LogP contribution in [0.1, 0.15) is 38.9 Å². The van der Waals surface area contributed by atoms with Gasteiger partial charge in [0.1, 0.15) is 12.4 Å². The van der Waals surface area contributed by atoms with Crippen LogP contribution in [0.15, 0.2) is 54.7 Å². The molecule has 1 fully saturated rings. The van der Waals surface area contributed by atoms with Crippen molar-refractivity contribution in [3.05, 3.63) is 71.5 Å². The highest BCUT2D eigenvalue weighted by atomic mass is 16.5. The van der Waals surface area contributed by atoms with Gasteiger partial charge in [-0.3, -0.25) is 9.59 Å². The van der Waals surface area contributed by atoms with Crippen LogP contribution in [-0.4, -0.2) is 47.5 Å². The highest BCUT2D eigenvalue weighted by Crippen LogP contribution is 2.32. The fourth-order valence-corrected chi connectivity index (χ4v) is 4.08. The molecule has 0 saturated carbocycles. The topological polar surface area (TPSA) is 131 Å². The Labute approximate surface area is 190 Å². The number of rotatable bonds is 5. The molecule has 2 amide bonds. The summed E-state index contributed by atoms with van der Waals surface area (Å²) in [6.45, 7) is 1.97. The van der Waals surface area contributed by atoms with Gasteiger partial charge in [0.25, 0.3) is 11.8 Å². The van der Waals surface area contributed by atoms with Crippen LogP contribution in [0.3, 0.4) is 0 Å². The van der Waals surface area contributed by atoms with Crippen molar-refractivity contribution in [2.45, 2.75) is 18.5 Å². The van der Waals surface area contributed by atoms with Crippen LogP contribution in [0.25, 0.3) is 11.3 Å². The Morgan fingerprint density at radius 2 is 1.97 bits per heavy atom. The summed E-state index contributed by atoms with van der Waals surface area (Å²) >= 11 is 0. The lowest BCUT2D eigenvalue weighted by molar-refractivity contribution is 0.0924. The second kappa shape index (κ2) is 8.87. The smallest absolute Gasteiger partial charge is 0.274 e. The Hall–Kier alpha value is -3.98. The van der Waals surface area contributed by atoms with Gasteiger partial charge in [0.05, 0.1) is 17.9 Å². The molecule has 0 aliphatic carbocycles. The Bertz CT molecular complexity index is 1210. The Morgan fingerprint density at radius 3 is 2.82 bits per heavy atom. The molecule has 2 atom stereocenters. The van der Waals surface area contributed by atoms with Crippen molar-refractivity contribution in [3.63, 3.8) is 0 Å². The number of amides is 2. The van der Waals surface area contributed by atoms with E-state index in [-0.39, 0.29) is 35.4 Å². The third kappa shape index (κ3) is 4.35. The predicted molar refractivity (Wildman–Crippen MR) is 123 cm³/mol. The average molecular weight is 444 g/mol. The molecule has 3 aromatic rings. The van der Waals surface area contributed by atoms with Gasteiger partial charge in [0, 0.05) is 29.3 Å². The number of carbonyl (C=O) groups is 2. The van der Waals surface area contributed by atoms with Crippen LogP contribution >= 0.6 is 0 Å². The van der Waals surface area contributed by atoms with Gasteiger partial charge < -0.3 is 26.4 Å². The van der Waals surface area contributed by atoms with Crippen molar-refractivity contribution in [1.82, 2.24) is 25.9 Å². The highest BCUT2D eigenvalue weighted by Gasteiger charge is 2.26. The van der Waals surface area contributed by atoms with E-state index < -0.39 is 0 Å². The van der Waals surface area contributed by atoms with Crippen molar-refractivity contribution >= 4 is 17.6 Å². The molecule has 33 heavy (non-hydrogen) atoms. The standard InChI is InChI=1S/C24H24N6O3/c25-22-21(24(32)28-16-8-9-26-11-16)29-18(12-27-22)14-4-3-5-15(10-14)23(31)30-19-13-33-20-7-2-1-6-17(19)20/h1-7,10,12,16,19,26H,8-9,11,13H2,(H2,25,27)(H,28,32)(H,30,31). The van der Waals surface area contributed by atoms with Crippen LogP contribution in [0.2, 0.25) is 0 Å². The summed E-state index contributed by atoms with van der Waals surface area (Å²) in [6, 6.07) is 14.5. The maximum absolute atomic E-state index is 12.9. The minimum absolute atomic E-state index is 0.0408. The number of nitrogen functional groups attached to an aromatic ring is 1. The van der Waals surface area contributed by atoms with Crippen LogP contribution in [0.5, 0.6) is 5.75 Å². The quantitative estimate of drug-likeness (QED) is 0.471. The predicted octanol–water partition coefficient (Wildman–Crippen LogP) is 1.68. The van der Waals surface area contributed by atoms with E-state index in [0.717, 1.165) is 24.3 Å². The van der Waals surface area contributed by atoms with E-state index >= 15 is 0 Å². The average Bonchev–Trinajstić information content (AvgIpc) is 3.49. The fraction of sp³-hybridized carbons (Fsp3) is 0.250. The van der Waals surface area contributed by atoms with E-state index in [2.05, 4.69) is 25.9 Å². The summed E-state index contributed by atoms with van der Waals surface area (Å²) in [6.07, 6.45) is 2.35. The molecule has 0 radical (unpaired) electrons. The number of hydrogen-bond donors (Lipinski definition) is 4. The SMILES string of the molecule is Nc1ncc(-c2cccc(C(=O)NC3COc4ccccc43)c2)nc1C(=O)NC1CCNC1. The third-order valence-corrected chi connectivity index (χ3v) is 5.84. The molecule has 1 saturated heterocycles. The lowest BCUT2D eigenvalue weighted by atomic mass is 10.1. The summed E-state index contributed by atoms with van der Waals surface area (Å²) in [5.41, 5.74) is 8.55. The first-order valence-electron chi connectivity index (χ1n) is 10.9. The van der Waals surface area contributed by atoms with Crippen molar-refractivity contribution in [3.8, 4) is 17.0 Å². The van der Waals surface area contributed by atoms with Crippen LogP contribution < -0.4 is 26.4 Å². The van der Waals surface area contributed by atoms with E-state index in [1.165, 1.54) is 6.20 Å². The molecule has 9 heteroatoms. The molecular formula is C24H24N6O3. The summed E-state index contributed by atoms with van der Waals surface area (Å²) in [5, 5.41) is 9.15. The zero-order valence-corrected chi connectivity index (χ0v) is 17.9. The van der Waals surface area contributed by atoms with Gasteiger partial charge in [0.2, 0.25) is 0 Å². The number of nitrogens with two attached hydrogens (primary N) is 1. The molecule has 0 spiro atoms. The van der Waals surface area contributed by atoms with Gasteiger partial charge >= 0.3 is 0 Å². The first kappa shape index (κ1) is 20.9. The molecule has 2 aromatic carbocycles. The highest BCUT2D eigenvalue weighted by molar-refractivity contribution is 5.97. The molecule has 5 N–H and O–H groups in total. The lowest BCUT2D eigenvalue weighted by Crippen LogP contribution is -2.37. The van der Waals surface area contributed by atoms with Crippen LogP contribution in [0.4, 0.5) is 5.82 Å². The van der Waals surface area contributed by atoms with Gasteiger partial charge in [-0.2, -0.15) is 0 Å². The molecule has 2 aliphatic heterocycles. The number of fused-ring (bicyclic) bond motifs is 1. The van der Waals surface area contributed by atoms with Gasteiger partial charge in [-0.1, -0.05) is 30.3 Å². The Kier molecular flexibility index (Phi) is 5.62. The zero-order chi connectivity index (χ0) is 22.8. The molecule has 5 rings (SSSR count). The van der Waals surface area contributed by atoms with Crippen molar-refractivity contribution in [1.29, 1.82) is 0 Å². The maximum Gasteiger partial charge on any atom is 0.274 e. The van der Waals surface area contributed by atoms with E-state index in [1.807, 2.05) is 30.3 Å². The Balaban J connectivity index is 1.34. The van der Waals surface area contributed by atoms with Crippen molar-refractivity contribution in [2.24, 2.45) is 0 Å². The van der Waals surface area contributed by atoms with Crippen LogP contribution in [0, 0.1) is 0 Å². The number of ether oxygens (including phenoxy) is 1. The van der Waals surface area contributed by atoms with Gasteiger partial charge in [-0.25, -0.2) is 9.97 Å². The van der Waals surface area contributed by atoms with Crippen molar-refractivity contribution < 1.29 is 14.3 Å². The van der Waals surface area contributed by atoms with E-state index in [4.69, 9.17) is 10.5 Å². The number of hydrogen-bond acceptors (Lipinski definition) is 7. The summed E-state index contributed by atoms with van der Waals surface area (Å²) in [4.78, 5) is 34.2. The van der Waals surface area contributed by atoms with Gasteiger partial charge in [0.15, 0.2) is 11.5 Å². The Morgan fingerprint density at radius 1 is 1.09 bits per heavy atom. The first-order chi connectivity index (χ1) is 16.1. The molecule has 9 nitrogen and oxygen atoms in total. The zero-order valence-electron chi connectivity index (χ0n) is 17.9. The fourth-order valence-electron chi connectivity index (χ4n) is 4.08. The minimum Gasteiger partial charge on any atom is -0.491 e. The lowest BCUT2D eigenvalue weighted by Gasteiger charge is -2.13. The number of nitrogens with zero attached hydrogens (tertiary/aromatic N) is 2. The molecule has 3 heterocycles. The molecule has 2 aliphatic rings. The monoisotopic (exact) mass is 444 g/mol. The number of para-hydroxylation sites is 1. The van der Waals surface area contributed by atoms with Gasteiger partial charge in [-0.15, -0.1) is 0 Å². The summed E-state index contributed by atoms with van der Waals surface area (Å²) < 4.78 is 5.65. The largest absolute Gasteiger partial charge is 0.491 e. The number of aromatic nitrogens is 2. The van der Waals surface area contributed by atoms with Gasteiger partial charge in [-0.05, 0) is 31.2 Å². The van der Waals surface area contributed by atoms with Crippen LogP contribution in [-0.2, 0) is 0 Å². The number of carbonyl (C=O) groups excluding carboxylic acids is 2. The summed E-state index contributed by atoms with van der Waals surface area (Å²) in [5.74, 6) is 0.269. The van der Waals surface area contributed by atoms with E-state index in [1.54, 1.807) is 18.2 Å². The minimum atomic E-state index is -0.357. The van der Waals surface area contributed by atoms with Crippen molar-refractivity contribution in [2.75, 3.05) is 25.4 Å². The number of anilines is 1. The first-order valence-corrected chi connectivity index (χ1v) is 10.9. The van der Waals surface area contributed by atoms with E-state index in [0.29, 0.717) is 30.0 Å². The molecule has 1 aromatic heterocycles. The maximum atomic E-state index is 12.9. The molecule has 168 valence electrons. The number of nitrogens with one attached hydrogen (secondary N) is 3.